The zero-order valence-electron chi connectivity index (χ0n) is 10.1. The number of hydrogen-bond donors (Lipinski definition) is 0. The van der Waals surface area contributed by atoms with E-state index in [-0.39, 0.29) is 5.54 Å². The number of piperidine rings is 1. The predicted molar refractivity (Wildman–Crippen MR) is 60.4 cm³/mol. The maximum atomic E-state index is 11.5. The number of amides is 1. The van der Waals surface area contributed by atoms with E-state index >= 15 is 0 Å². The van der Waals surface area contributed by atoms with Crippen LogP contribution in [0.1, 0.15) is 40.0 Å². The first-order valence-electron chi connectivity index (χ1n) is 6.02. The van der Waals surface area contributed by atoms with E-state index in [4.69, 9.17) is 0 Å². The van der Waals surface area contributed by atoms with Crippen molar-refractivity contribution in [3.63, 3.8) is 0 Å². The van der Waals surface area contributed by atoms with E-state index in [1.165, 1.54) is 12.8 Å². The molecule has 0 aromatic rings. The summed E-state index contributed by atoms with van der Waals surface area (Å²) < 4.78 is 0. The van der Waals surface area contributed by atoms with Gasteiger partial charge in [-0.1, -0.05) is 6.92 Å². The van der Waals surface area contributed by atoms with Crippen molar-refractivity contribution < 1.29 is 4.79 Å². The largest absolute Gasteiger partial charge is 0.324 e. The normalized spacial score (nSPS) is 27.9. The highest BCUT2D eigenvalue weighted by Crippen LogP contribution is 2.31. The summed E-state index contributed by atoms with van der Waals surface area (Å²) in [4.78, 5) is 15.9. The Bertz CT molecular complexity index is 254. The molecule has 2 rings (SSSR count). The van der Waals surface area contributed by atoms with Gasteiger partial charge >= 0.3 is 0 Å². The molecule has 2 fully saturated rings. The summed E-state index contributed by atoms with van der Waals surface area (Å²) in [5, 5.41) is 0. The van der Waals surface area contributed by atoms with Gasteiger partial charge in [-0.15, -0.1) is 0 Å². The van der Waals surface area contributed by atoms with Crippen molar-refractivity contribution in [1.29, 1.82) is 0 Å². The highest BCUT2D eigenvalue weighted by Gasteiger charge is 2.43. The molecular formula is C12H22N2O. The van der Waals surface area contributed by atoms with Gasteiger partial charge in [0.1, 0.15) is 0 Å². The summed E-state index contributed by atoms with van der Waals surface area (Å²) in [6, 6.07) is 0. The maximum absolute atomic E-state index is 11.5. The number of hydrogen-bond acceptors (Lipinski definition) is 2. The number of rotatable bonds is 2. The minimum Gasteiger partial charge on any atom is -0.324 e. The molecule has 0 aliphatic carbocycles. The summed E-state index contributed by atoms with van der Waals surface area (Å²) >= 11 is 0. The van der Waals surface area contributed by atoms with Crippen LogP contribution in [-0.4, -0.2) is 41.0 Å². The highest BCUT2D eigenvalue weighted by atomic mass is 16.2. The fourth-order valence-electron chi connectivity index (χ4n) is 2.48. The van der Waals surface area contributed by atoms with Crippen molar-refractivity contribution in [3.05, 3.63) is 0 Å². The Kier molecular flexibility index (Phi) is 2.75. The monoisotopic (exact) mass is 210 g/mol. The molecule has 86 valence electrons. The Morgan fingerprint density at radius 2 is 1.93 bits per heavy atom. The smallest absolute Gasteiger partial charge is 0.226 e. The average molecular weight is 210 g/mol. The number of carbonyl (C=O) groups is 1. The van der Waals surface area contributed by atoms with Crippen LogP contribution >= 0.6 is 0 Å². The standard InChI is InChI=1S/C12H22N2O/c1-10-4-6-13(7-5-10)9-14-11(15)8-12(14,2)3/h10H,4-9H2,1-3H3. The minimum absolute atomic E-state index is 0.0974. The van der Waals surface area contributed by atoms with Gasteiger partial charge in [0.05, 0.1) is 6.67 Å². The molecule has 3 heteroatoms. The first kappa shape index (κ1) is 10.9. The van der Waals surface area contributed by atoms with Crippen molar-refractivity contribution in [2.24, 2.45) is 5.92 Å². The molecule has 2 aliphatic rings. The van der Waals surface area contributed by atoms with Gasteiger partial charge in [0.2, 0.25) is 5.91 Å². The quantitative estimate of drug-likeness (QED) is 0.647. The van der Waals surface area contributed by atoms with Crippen molar-refractivity contribution in [2.45, 2.75) is 45.6 Å². The van der Waals surface area contributed by atoms with Crippen molar-refractivity contribution in [2.75, 3.05) is 19.8 Å². The number of nitrogens with zero attached hydrogens (tertiary/aromatic N) is 2. The van der Waals surface area contributed by atoms with Gasteiger partial charge in [-0.25, -0.2) is 0 Å². The molecule has 0 radical (unpaired) electrons. The molecule has 0 saturated carbocycles. The number of likely N-dealkylation sites (tertiary alicyclic amines) is 2. The topological polar surface area (TPSA) is 23.6 Å². The van der Waals surface area contributed by atoms with Gasteiger partial charge in [-0.05, 0) is 32.6 Å². The predicted octanol–water partition coefficient (Wildman–Crippen LogP) is 1.69. The van der Waals surface area contributed by atoms with E-state index in [2.05, 4.69) is 25.7 Å². The van der Waals surface area contributed by atoms with Crippen molar-refractivity contribution in [3.8, 4) is 0 Å². The first-order valence-corrected chi connectivity index (χ1v) is 6.02. The summed E-state index contributed by atoms with van der Waals surface area (Å²) in [6.07, 6.45) is 3.28. The molecule has 0 bridgehead atoms. The van der Waals surface area contributed by atoms with Gasteiger partial charge in [-0.3, -0.25) is 9.69 Å². The summed E-state index contributed by atoms with van der Waals surface area (Å²) in [7, 11) is 0. The lowest BCUT2D eigenvalue weighted by molar-refractivity contribution is -0.158. The Balaban J connectivity index is 1.84. The average Bonchev–Trinajstić information content (AvgIpc) is 2.16. The van der Waals surface area contributed by atoms with Crippen LogP contribution in [0, 0.1) is 5.92 Å². The molecule has 0 aromatic heterocycles. The Hall–Kier alpha value is -0.570. The van der Waals surface area contributed by atoms with E-state index in [0.29, 0.717) is 5.91 Å². The van der Waals surface area contributed by atoms with Crippen molar-refractivity contribution >= 4 is 5.91 Å². The van der Waals surface area contributed by atoms with E-state index in [1.807, 2.05) is 4.90 Å². The molecule has 0 aromatic carbocycles. The van der Waals surface area contributed by atoms with Crippen LogP contribution in [0.4, 0.5) is 0 Å². The third kappa shape index (κ3) is 2.17. The van der Waals surface area contributed by atoms with Crippen LogP contribution in [0.3, 0.4) is 0 Å². The molecule has 2 heterocycles. The number of carbonyl (C=O) groups excluding carboxylic acids is 1. The second-order valence-electron chi connectivity index (χ2n) is 5.75. The molecule has 2 aliphatic heterocycles. The second-order valence-corrected chi connectivity index (χ2v) is 5.75. The molecular weight excluding hydrogens is 188 g/mol. The fraction of sp³-hybridized carbons (Fsp3) is 0.917. The molecule has 0 atom stereocenters. The molecule has 15 heavy (non-hydrogen) atoms. The Labute approximate surface area is 92.4 Å². The Morgan fingerprint density at radius 3 is 2.40 bits per heavy atom. The summed E-state index contributed by atoms with van der Waals surface area (Å²) in [5.41, 5.74) is 0.0974. The van der Waals surface area contributed by atoms with Crippen molar-refractivity contribution in [1.82, 2.24) is 9.80 Å². The third-order valence-corrected chi connectivity index (χ3v) is 3.83. The van der Waals surface area contributed by atoms with E-state index in [1.54, 1.807) is 0 Å². The SMILES string of the molecule is CC1CCN(CN2C(=O)CC2(C)C)CC1. The lowest BCUT2D eigenvalue weighted by atomic mass is 9.88. The van der Waals surface area contributed by atoms with E-state index in [9.17, 15) is 4.79 Å². The van der Waals surface area contributed by atoms with Crippen LogP contribution in [0.25, 0.3) is 0 Å². The molecule has 1 amide bonds. The van der Waals surface area contributed by atoms with E-state index in [0.717, 1.165) is 32.1 Å². The zero-order chi connectivity index (χ0) is 11.1. The fourth-order valence-corrected chi connectivity index (χ4v) is 2.48. The molecule has 0 spiro atoms. The molecule has 0 N–H and O–H groups in total. The Morgan fingerprint density at radius 1 is 1.33 bits per heavy atom. The van der Waals surface area contributed by atoms with Gasteiger partial charge in [0, 0.05) is 25.0 Å². The molecule has 3 nitrogen and oxygen atoms in total. The highest BCUT2D eigenvalue weighted by molar-refractivity contribution is 5.84. The van der Waals surface area contributed by atoms with Crippen LogP contribution in [-0.2, 0) is 4.79 Å². The molecule has 0 unspecified atom stereocenters. The summed E-state index contributed by atoms with van der Waals surface area (Å²) in [6.45, 7) is 9.78. The zero-order valence-corrected chi connectivity index (χ0v) is 10.1. The first-order chi connectivity index (χ1) is 6.99. The lowest BCUT2D eigenvalue weighted by Crippen LogP contribution is -2.63. The minimum atomic E-state index is 0.0974. The second kappa shape index (κ2) is 3.78. The molecule has 2 saturated heterocycles. The third-order valence-electron chi connectivity index (χ3n) is 3.83. The summed E-state index contributed by atoms with van der Waals surface area (Å²) in [5.74, 6) is 1.18. The van der Waals surface area contributed by atoms with Crippen LogP contribution in [0.15, 0.2) is 0 Å². The van der Waals surface area contributed by atoms with Gasteiger partial charge in [0.25, 0.3) is 0 Å². The van der Waals surface area contributed by atoms with Gasteiger partial charge < -0.3 is 4.90 Å². The maximum Gasteiger partial charge on any atom is 0.226 e. The van der Waals surface area contributed by atoms with Gasteiger partial charge in [0.15, 0.2) is 0 Å². The van der Waals surface area contributed by atoms with Gasteiger partial charge in [-0.2, -0.15) is 0 Å². The lowest BCUT2D eigenvalue weighted by Gasteiger charge is -2.50. The van der Waals surface area contributed by atoms with Crippen LogP contribution in [0.2, 0.25) is 0 Å². The van der Waals surface area contributed by atoms with Crippen LogP contribution in [0.5, 0.6) is 0 Å². The van der Waals surface area contributed by atoms with Crippen LogP contribution < -0.4 is 0 Å². The van der Waals surface area contributed by atoms with E-state index < -0.39 is 0 Å². The number of β-lactam (4-membered cyclic amide) rings is 1.